The molecule has 0 saturated carbocycles. The molecule has 1 rings (SSSR count). The maximum atomic E-state index is 5.16. The van der Waals surface area contributed by atoms with Crippen LogP contribution in [0.15, 0.2) is 18.6 Å². The van der Waals surface area contributed by atoms with Crippen LogP contribution in [-0.2, 0) is 6.54 Å². The molecule has 19 heavy (non-hydrogen) atoms. The average molecular weight is 282 g/mol. The number of rotatable bonds is 8. The third kappa shape index (κ3) is 8.41. The van der Waals surface area contributed by atoms with Crippen molar-refractivity contribution in [3.63, 3.8) is 0 Å². The van der Waals surface area contributed by atoms with Crippen LogP contribution >= 0.6 is 12.2 Å². The first-order valence-electron chi connectivity index (χ1n) is 6.30. The maximum absolute atomic E-state index is 5.16. The minimum atomic E-state index is 0.697. The van der Waals surface area contributed by atoms with Gasteiger partial charge in [-0.1, -0.05) is 0 Å². The fourth-order valence-corrected chi connectivity index (χ4v) is 1.56. The van der Waals surface area contributed by atoms with E-state index >= 15 is 0 Å². The SMILES string of the molecule is CN(C)CCNC(=S)NCCNCc1cnccn1. The molecule has 7 heteroatoms. The summed E-state index contributed by atoms with van der Waals surface area (Å²) in [6.07, 6.45) is 5.12. The minimum Gasteiger partial charge on any atom is -0.361 e. The van der Waals surface area contributed by atoms with E-state index in [1.807, 2.05) is 14.1 Å². The number of nitrogens with zero attached hydrogens (tertiary/aromatic N) is 3. The second kappa shape index (κ2) is 9.60. The Morgan fingerprint density at radius 2 is 2.00 bits per heavy atom. The van der Waals surface area contributed by atoms with Crippen molar-refractivity contribution in [2.24, 2.45) is 0 Å². The summed E-state index contributed by atoms with van der Waals surface area (Å²) in [6, 6.07) is 0. The molecule has 1 aromatic heterocycles. The summed E-state index contributed by atoms with van der Waals surface area (Å²) >= 11 is 5.16. The summed E-state index contributed by atoms with van der Waals surface area (Å²) < 4.78 is 0. The van der Waals surface area contributed by atoms with E-state index in [-0.39, 0.29) is 0 Å². The van der Waals surface area contributed by atoms with Crippen molar-refractivity contribution < 1.29 is 0 Å². The molecule has 0 bridgehead atoms. The van der Waals surface area contributed by atoms with Crippen LogP contribution < -0.4 is 16.0 Å². The highest BCUT2D eigenvalue weighted by atomic mass is 32.1. The van der Waals surface area contributed by atoms with E-state index in [0.29, 0.717) is 5.11 Å². The van der Waals surface area contributed by atoms with Gasteiger partial charge in [0, 0.05) is 51.3 Å². The van der Waals surface area contributed by atoms with E-state index in [1.54, 1.807) is 18.6 Å². The Morgan fingerprint density at radius 3 is 2.68 bits per heavy atom. The molecular weight excluding hydrogens is 260 g/mol. The van der Waals surface area contributed by atoms with E-state index in [4.69, 9.17) is 12.2 Å². The predicted molar refractivity (Wildman–Crippen MR) is 80.9 cm³/mol. The number of likely N-dealkylation sites (N-methyl/N-ethyl adjacent to an activating group) is 1. The maximum Gasteiger partial charge on any atom is 0.166 e. The largest absolute Gasteiger partial charge is 0.361 e. The lowest BCUT2D eigenvalue weighted by atomic mass is 10.4. The van der Waals surface area contributed by atoms with Gasteiger partial charge in [-0.25, -0.2) is 0 Å². The first kappa shape index (κ1) is 15.7. The van der Waals surface area contributed by atoms with Gasteiger partial charge in [-0.3, -0.25) is 9.97 Å². The van der Waals surface area contributed by atoms with Crippen molar-refractivity contribution in [2.45, 2.75) is 6.54 Å². The summed E-state index contributed by atoms with van der Waals surface area (Å²) in [4.78, 5) is 10.3. The highest BCUT2D eigenvalue weighted by Crippen LogP contribution is 1.87. The van der Waals surface area contributed by atoms with Gasteiger partial charge < -0.3 is 20.9 Å². The standard InChI is InChI=1S/C12H22N6S/c1-18(2)8-7-17-12(19)16-6-4-14-10-11-9-13-3-5-15-11/h3,5,9,14H,4,6-8,10H2,1-2H3,(H2,16,17,19). The lowest BCUT2D eigenvalue weighted by Gasteiger charge is -2.13. The van der Waals surface area contributed by atoms with E-state index in [2.05, 4.69) is 30.8 Å². The van der Waals surface area contributed by atoms with Crippen LogP contribution in [0.4, 0.5) is 0 Å². The van der Waals surface area contributed by atoms with Crippen LogP contribution in [0, 0.1) is 0 Å². The Kier molecular flexibility index (Phi) is 7.95. The van der Waals surface area contributed by atoms with E-state index in [9.17, 15) is 0 Å². The lowest BCUT2D eigenvalue weighted by molar-refractivity contribution is 0.412. The minimum absolute atomic E-state index is 0.697. The van der Waals surface area contributed by atoms with Crippen LogP contribution in [0.2, 0.25) is 0 Å². The zero-order chi connectivity index (χ0) is 13.9. The zero-order valence-corrected chi connectivity index (χ0v) is 12.3. The highest BCUT2D eigenvalue weighted by molar-refractivity contribution is 7.80. The normalized spacial score (nSPS) is 10.5. The number of thiocarbonyl (C=S) groups is 1. The number of hydrogen-bond acceptors (Lipinski definition) is 5. The second-order valence-corrected chi connectivity index (χ2v) is 4.77. The Bertz CT molecular complexity index is 356. The summed E-state index contributed by atoms with van der Waals surface area (Å²) in [5, 5.41) is 10.3. The molecule has 0 aliphatic carbocycles. The molecule has 1 aromatic rings. The first-order valence-corrected chi connectivity index (χ1v) is 6.71. The molecule has 0 unspecified atom stereocenters. The topological polar surface area (TPSA) is 65.1 Å². The number of aromatic nitrogens is 2. The Morgan fingerprint density at radius 1 is 1.21 bits per heavy atom. The van der Waals surface area contributed by atoms with Crippen LogP contribution in [0.1, 0.15) is 5.69 Å². The summed E-state index contributed by atoms with van der Waals surface area (Å²) in [6.45, 7) is 4.15. The molecule has 0 aliphatic heterocycles. The third-order valence-electron chi connectivity index (χ3n) is 2.35. The van der Waals surface area contributed by atoms with Crippen LogP contribution in [0.25, 0.3) is 0 Å². The molecule has 0 aliphatic rings. The quantitative estimate of drug-likeness (QED) is 0.442. The van der Waals surface area contributed by atoms with E-state index in [1.165, 1.54) is 0 Å². The summed E-state index contributed by atoms with van der Waals surface area (Å²) in [5.74, 6) is 0. The van der Waals surface area contributed by atoms with Gasteiger partial charge in [0.2, 0.25) is 0 Å². The van der Waals surface area contributed by atoms with Gasteiger partial charge in [0.15, 0.2) is 5.11 Å². The Hall–Kier alpha value is -1.31. The molecule has 106 valence electrons. The smallest absolute Gasteiger partial charge is 0.166 e. The molecule has 6 nitrogen and oxygen atoms in total. The van der Waals surface area contributed by atoms with Crippen molar-refractivity contribution in [3.05, 3.63) is 24.3 Å². The van der Waals surface area contributed by atoms with E-state index in [0.717, 1.165) is 38.4 Å². The molecule has 0 saturated heterocycles. The van der Waals surface area contributed by atoms with Gasteiger partial charge in [0.25, 0.3) is 0 Å². The van der Waals surface area contributed by atoms with Gasteiger partial charge >= 0.3 is 0 Å². The predicted octanol–water partition coefficient (Wildman–Crippen LogP) is -0.408. The Labute approximate surface area is 120 Å². The zero-order valence-electron chi connectivity index (χ0n) is 11.5. The molecule has 0 spiro atoms. The second-order valence-electron chi connectivity index (χ2n) is 4.36. The Balaban J connectivity index is 1.97. The molecule has 0 radical (unpaired) electrons. The molecule has 0 fully saturated rings. The number of hydrogen-bond donors (Lipinski definition) is 3. The molecule has 0 amide bonds. The van der Waals surface area contributed by atoms with Crippen molar-refractivity contribution in [1.82, 2.24) is 30.8 Å². The molecule has 0 atom stereocenters. The van der Waals surface area contributed by atoms with E-state index < -0.39 is 0 Å². The van der Waals surface area contributed by atoms with Gasteiger partial charge in [-0.15, -0.1) is 0 Å². The molecule has 3 N–H and O–H groups in total. The van der Waals surface area contributed by atoms with Crippen LogP contribution in [0.3, 0.4) is 0 Å². The summed E-state index contributed by atoms with van der Waals surface area (Å²) in [7, 11) is 4.07. The van der Waals surface area contributed by atoms with Gasteiger partial charge in [-0.05, 0) is 26.3 Å². The van der Waals surface area contributed by atoms with Gasteiger partial charge in [-0.2, -0.15) is 0 Å². The molecule has 0 aromatic carbocycles. The van der Waals surface area contributed by atoms with Crippen LogP contribution in [0.5, 0.6) is 0 Å². The number of nitrogens with one attached hydrogen (secondary N) is 3. The lowest BCUT2D eigenvalue weighted by Crippen LogP contribution is -2.41. The first-order chi connectivity index (χ1) is 9.18. The van der Waals surface area contributed by atoms with Crippen molar-refractivity contribution in [1.29, 1.82) is 0 Å². The van der Waals surface area contributed by atoms with Crippen molar-refractivity contribution >= 4 is 17.3 Å². The fourth-order valence-electron chi connectivity index (χ4n) is 1.36. The monoisotopic (exact) mass is 282 g/mol. The fraction of sp³-hybridized carbons (Fsp3) is 0.583. The summed E-state index contributed by atoms with van der Waals surface area (Å²) in [5.41, 5.74) is 0.939. The van der Waals surface area contributed by atoms with Crippen LogP contribution in [-0.4, -0.2) is 60.3 Å². The highest BCUT2D eigenvalue weighted by Gasteiger charge is 1.96. The van der Waals surface area contributed by atoms with Crippen molar-refractivity contribution in [2.75, 3.05) is 40.3 Å². The van der Waals surface area contributed by atoms with Crippen molar-refractivity contribution in [3.8, 4) is 0 Å². The third-order valence-corrected chi connectivity index (χ3v) is 2.64. The van der Waals surface area contributed by atoms with Gasteiger partial charge in [0.05, 0.1) is 5.69 Å². The van der Waals surface area contributed by atoms with Gasteiger partial charge in [0.1, 0.15) is 0 Å². The average Bonchev–Trinajstić information content (AvgIpc) is 2.39. The molecule has 1 heterocycles. The molecular formula is C12H22N6S.